The van der Waals surface area contributed by atoms with Crippen molar-refractivity contribution in [2.75, 3.05) is 19.6 Å². The van der Waals surface area contributed by atoms with Gasteiger partial charge in [-0.3, -0.25) is 9.88 Å². The quantitative estimate of drug-likeness (QED) is 0.142. The van der Waals surface area contributed by atoms with Gasteiger partial charge in [0.25, 0.3) is 0 Å². The summed E-state index contributed by atoms with van der Waals surface area (Å²) in [6.45, 7) is 22.3. The van der Waals surface area contributed by atoms with E-state index in [-0.39, 0.29) is 5.82 Å². The highest BCUT2D eigenvalue weighted by atomic mass is 19.1. The number of benzene rings is 2. The molecule has 0 aliphatic carbocycles. The fraction of sp³-hybridized carbons (Fsp3) is 0.452. The van der Waals surface area contributed by atoms with E-state index in [0.717, 1.165) is 58.9 Å². The average Bonchev–Trinajstić information content (AvgIpc) is 3.59. The summed E-state index contributed by atoms with van der Waals surface area (Å²) < 4.78 is 18.6. The number of halogens is 1. The van der Waals surface area contributed by atoms with Gasteiger partial charge in [-0.25, -0.2) is 14.2 Å². The van der Waals surface area contributed by atoms with Crippen molar-refractivity contribution in [2.45, 2.75) is 107 Å². The Bertz CT molecular complexity index is 1510. The Balaban J connectivity index is 0.000000337. The van der Waals surface area contributed by atoms with Gasteiger partial charge in [-0.05, 0) is 139 Å². The monoisotopic (exact) mass is 673 g/mol. The Morgan fingerprint density at radius 3 is 2.14 bits per heavy atom. The van der Waals surface area contributed by atoms with Crippen molar-refractivity contribution in [2.24, 2.45) is 0 Å². The van der Waals surface area contributed by atoms with E-state index in [2.05, 4.69) is 55.6 Å². The van der Waals surface area contributed by atoms with Crippen molar-refractivity contribution >= 4 is 5.97 Å². The highest BCUT2D eigenvalue weighted by Gasteiger charge is 2.04. The van der Waals surface area contributed by atoms with E-state index in [1.54, 1.807) is 30.7 Å². The number of allylic oxidation sites excluding steroid dienone is 1. The number of carbonyl (C=O) groups is 1. The van der Waals surface area contributed by atoms with Crippen LogP contribution in [-0.2, 0) is 19.3 Å². The second kappa shape index (κ2) is 25.0. The maximum Gasteiger partial charge on any atom is 0.335 e. The molecule has 0 fully saturated rings. The van der Waals surface area contributed by atoms with Gasteiger partial charge < -0.3 is 9.52 Å². The maximum atomic E-state index is 13.6. The van der Waals surface area contributed by atoms with Crippen LogP contribution in [0.4, 0.5) is 4.39 Å². The molecule has 0 amide bonds. The SMILES string of the molecule is C/C=C(\C)CN(CCC)CCC.CCCCc1ncco1.Cc1ccc(C(=O)O)cc1C.Cc1ccc(CCc2cccc(C)n2)c(F)c1. The normalized spacial score (nSPS) is 10.7. The molecule has 2 aromatic carbocycles. The molecule has 0 aliphatic rings. The first kappa shape index (κ1) is 42.9. The number of rotatable bonds is 13. The van der Waals surface area contributed by atoms with Crippen LogP contribution in [0.25, 0.3) is 0 Å². The second-order valence-electron chi connectivity index (χ2n) is 12.4. The third kappa shape index (κ3) is 18.9. The van der Waals surface area contributed by atoms with Gasteiger partial charge in [-0.15, -0.1) is 0 Å². The van der Waals surface area contributed by atoms with Crippen molar-refractivity contribution in [3.05, 3.63) is 130 Å². The van der Waals surface area contributed by atoms with Gasteiger partial charge in [-0.2, -0.15) is 0 Å². The molecule has 6 nitrogen and oxygen atoms in total. The molecule has 268 valence electrons. The lowest BCUT2D eigenvalue weighted by Gasteiger charge is -2.20. The minimum absolute atomic E-state index is 0.113. The van der Waals surface area contributed by atoms with E-state index in [0.29, 0.717) is 12.0 Å². The summed E-state index contributed by atoms with van der Waals surface area (Å²) in [7, 11) is 0. The van der Waals surface area contributed by atoms with Gasteiger partial charge in [0.2, 0.25) is 0 Å². The largest absolute Gasteiger partial charge is 0.478 e. The third-order valence-electron chi connectivity index (χ3n) is 7.83. The Hall–Kier alpha value is -4.10. The van der Waals surface area contributed by atoms with Gasteiger partial charge in [0.05, 0.1) is 11.8 Å². The molecule has 7 heteroatoms. The molecule has 2 aromatic heterocycles. The number of hydrogen-bond donors (Lipinski definition) is 1. The van der Waals surface area contributed by atoms with Crippen LogP contribution in [0.15, 0.2) is 83.1 Å². The molecule has 4 rings (SSSR count). The molecule has 2 heterocycles. The number of nitrogens with zero attached hydrogens (tertiary/aromatic N) is 3. The van der Waals surface area contributed by atoms with Gasteiger partial charge >= 0.3 is 5.97 Å². The van der Waals surface area contributed by atoms with Crippen LogP contribution in [0.5, 0.6) is 0 Å². The molecule has 0 unspecified atom stereocenters. The Kier molecular flexibility index (Phi) is 21.9. The molecule has 0 bridgehead atoms. The number of unbranched alkanes of at least 4 members (excludes halogenated alkanes) is 1. The number of aromatic nitrogens is 2. The van der Waals surface area contributed by atoms with Crippen LogP contribution >= 0.6 is 0 Å². The van der Waals surface area contributed by atoms with Gasteiger partial charge in [0.15, 0.2) is 5.89 Å². The summed E-state index contributed by atoms with van der Waals surface area (Å²) in [5, 5.41) is 8.60. The first-order chi connectivity index (χ1) is 23.4. The zero-order valence-electron chi connectivity index (χ0n) is 31.5. The number of hydrogen-bond acceptors (Lipinski definition) is 5. The summed E-state index contributed by atoms with van der Waals surface area (Å²) in [6.07, 6.45) is 12.8. The first-order valence-corrected chi connectivity index (χ1v) is 17.6. The maximum absolute atomic E-state index is 13.6. The zero-order chi connectivity index (χ0) is 36.6. The van der Waals surface area contributed by atoms with E-state index in [1.165, 1.54) is 44.3 Å². The highest BCUT2D eigenvalue weighted by molar-refractivity contribution is 5.87. The fourth-order valence-electron chi connectivity index (χ4n) is 4.78. The average molecular weight is 674 g/mol. The van der Waals surface area contributed by atoms with Gasteiger partial charge in [0, 0.05) is 24.4 Å². The van der Waals surface area contributed by atoms with Gasteiger partial charge in [-0.1, -0.05) is 63.1 Å². The molecule has 0 saturated carbocycles. The molecular formula is C42H60FN3O3. The van der Waals surface area contributed by atoms with Crippen molar-refractivity contribution in [1.29, 1.82) is 0 Å². The first-order valence-electron chi connectivity index (χ1n) is 17.6. The van der Waals surface area contributed by atoms with E-state index in [4.69, 9.17) is 9.52 Å². The Morgan fingerprint density at radius 2 is 1.61 bits per heavy atom. The lowest BCUT2D eigenvalue weighted by Crippen LogP contribution is -2.27. The summed E-state index contributed by atoms with van der Waals surface area (Å²) in [5.41, 5.74) is 7.72. The molecule has 0 aliphatic heterocycles. The Labute approximate surface area is 295 Å². The van der Waals surface area contributed by atoms with E-state index < -0.39 is 5.97 Å². The predicted molar refractivity (Wildman–Crippen MR) is 202 cm³/mol. The van der Waals surface area contributed by atoms with Crippen molar-refractivity contribution < 1.29 is 18.7 Å². The van der Waals surface area contributed by atoms with Crippen LogP contribution in [0, 0.1) is 33.5 Å². The second-order valence-corrected chi connectivity index (χ2v) is 12.4. The lowest BCUT2D eigenvalue weighted by molar-refractivity contribution is 0.0696. The highest BCUT2D eigenvalue weighted by Crippen LogP contribution is 2.13. The number of pyridine rings is 1. The van der Waals surface area contributed by atoms with E-state index in [1.807, 2.05) is 64.1 Å². The summed E-state index contributed by atoms with van der Waals surface area (Å²) in [4.78, 5) is 21.4. The van der Waals surface area contributed by atoms with E-state index >= 15 is 0 Å². The number of aryl methyl sites for hydroxylation is 7. The topological polar surface area (TPSA) is 79.5 Å². The molecule has 0 saturated heterocycles. The summed E-state index contributed by atoms with van der Waals surface area (Å²) in [5.74, 6) is -0.123. The number of carboxylic acid groups (broad SMARTS) is 1. The molecule has 1 N–H and O–H groups in total. The molecule has 0 spiro atoms. The van der Waals surface area contributed by atoms with Crippen molar-refractivity contribution in [1.82, 2.24) is 14.9 Å². The number of carboxylic acids is 1. The number of aromatic carboxylic acids is 1. The molecular weight excluding hydrogens is 613 g/mol. The Morgan fingerprint density at radius 1 is 0.898 bits per heavy atom. The standard InChI is InChI=1S/C15H16FN.C11H23N.C9H10O2.C7H11NO/c1-11-6-7-13(15(16)10-11)8-9-14-5-3-4-12(2)17-14;1-5-8-12(9-6-2)10-11(4)7-3;1-6-3-4-8(9(10)11)5-7(6)2;1-2-3-4-7-8-5-6-9-7/h3-7,10H,8-9H2,1-2H3;7H,5-6,8-10H2,1-4H3;3-5H,1-2H3,(H,10,11);5-6H,2-4H2,1H3/b;11-7+;;. The molecule has 4 aromatic rings. The van der Waals surface area contributed by atoms with Crippen LogP contribution in [0.1, 0.15) is 110 Å². The smallest absolute Gasteiger partial charge is 0.335 e. The molecule has 0 atom stereocenters. The predicted octanol–water partition coefficient (Wildman–Crippen LogP) is 10.7. The fourth-order valence-corrected chi connectivity index (χ4v) is 4.78. The van der Waals surface area contributed by atoms with E-state index in [9.17, 15) is 9.18 Å². The summed E-state index contributed by atoms with van der Waals surface area (Å²) in [6, 6.07) is 16.4. The van der Waals surface area contributed by atoms with Crippen LogP contribution in [0.3, 0.4) is 0 Å². The zero-order valence-corrected chi connectivity index (χ0v) is 31.5. The van der Waals surface area contributed by atoms with Gasteiger partial charge in [0.1, 0.15) is 12.1 Å². The number of oxazole rings is 1. The van der Waals surface area contributed by atoms with Crippen LogP contribution in [0.2, 0.25) is 0 Å². The molecule has 49 heavy (non-hydrogen) atoms. The van der Waals surface area contributed by atoms with Crippen molar-refractivity contribution in [3.8, 4) is 0 Å². The minimum Gasteiger partial charge on any atom is -0.478 e. The van der Waals surface area contributed by atoms with Crippen molar-refractivity contribution in [3.63, 3.8) is 0 Å². The lowest BCUT2D eigenvalue weighted by atomic mass is 10.1. The minimum atomic E-state index is -0.867. The summed E-state index contributed by atoms with van der Waals surface area (Å²) >= 11 is 0. The molecule has 0 radical (unpaired) electrons. The van der Waals surface area contributed by atoms with Crippen LogP contribution < -0.4 is 0 Å². The third-order valence-corrected chi connectivity index (χ3v) is 7.83. The van der Waals surface area contributed by atoms with Crippen LogP contribution in [-0.4, -0.2) is 45.6 Å².